The zero-order valence-corrected chi connectivity index (χ0v) is 11.7. The molecule has 114 valence electrons. The van der Waals surface area contributed by atoms with E-state index in [1.807, 2.05) is 0 Å². The van der Waals surface area contributed by atoms with E-state index >= 15 is 0 Å². The van der Waals surface area contributed by atoms with Gasteiger partial charge in [-0.3, -0.25) is 10.1 Å². The molecule has 1 saturated carbocycles. The maximum Gasteiger partial charge on any atom is 0.311 e. The molecule has 1 heterocycles. The van der Waals surface area contributed by atoms with E-state index in [1.165, 1.54) is 0 Å². The Labute approximate surface area is 122 Å². The minimum absolute atomic E-state index is 0.0139. The van der Waals surface area contributed by atoms with Crippen LogP contribution in [0, 0.1) is 15.9 Å². The number of hydrogen-bond donors (Lipinski definition) is 0. The lowest BCUT2D eigenvalue weighted by atomic mass is 9.90. The molecule has 0 radical (unpaired) electrons. The van der Waals surface area contributed by atoms with Gasteiger partial charge in [0.1, 0.15) is 11.9 Å². The molecule has 1 spiro atoms. The number of nitro benzene ring substituents is 1. The fraction of sp³-hybridized carbons (Fsp3) is 0.600. The van der Waals surface area contributed by atoms with Crippen molar-refractivity contribution in [2.75, 3.05) is 6.61 Å². The van der Waals surface area contributed by atoms with Gasteiger partial charge in [-0.2, -0.15) is 0 Å². The van der Waals surface area contributed by atoms with Gasteiger partial charge in [-0.05, 0) is 18.9 Å². The Balaban J connectivity index is 1.77. The average molecular weight is 295 g/mol. The molecule has 0 N–H and O–H groups in total. The van der Waals surface area contributed by atoms with Crippen molar-refractivity contribution in [1.29, 1.82) is 0 Å². The molecular weight excluding hydrogens is 277 g/mol. The minimum Gasteiger partial charge on any atom is -0.483 e. The average Bonchev–Trinajstić information content (AvgIpc) is 2.86. The molecular formula is C15H18FNO4. The highest BCUT2D eigenvalue weighted by molar-refractivity contribution is 5.46. The molecule has 0 aromatic heterocycles. The molecule has 0 bridgehead atoms. The molecule has 1 aliphatic carbocycles. The highest BCUT2D eigenvalue weighted by Crippen LogP contribution is 2.41. The van der Waals surface area contributed by atoms with Gasteiger partial charge in [-0.15, -0.1) is 0 Å². The van der Waals surface area contributed by atoms with Crippen LogP contribution in [0.15, 0.2) is 18.2 Å². The summed E-state index contributed by atoms with van der Waals surface area (Å²) in [5, 5.41) is 11.0. The maximum absolute atomic E-state index is 13.3. The van der Waals surface area contributed by atoms with Crippen LogP contribution >= 0.6 is 0 Å². The lowest BCUT2D eigenvalue weighted by Gasteiger charge is -2.38. The lowest BCUT2D eigenvalue weighted by Crippen LogP contribution is -2.41. The van der Waals surface area contributed by atoms with E-state index in [2.05, 4.69) is 0 Å². The van der Waals surface area contributed by atoms with E-state index in [4.69, 9.17) is 9.47 Å². The summed E-state index contributed by atoms with van der Waals surface area (Å²) in [7, 11) is 0. The highest BCUT2D eigenvalue weighted by Gasteiger charge is 2.41. The number of halogens is 1. The molecule has 5 nitrogen and oxygen atoms in total. The molecule has 2 aliphatic rings. The topological polar surface area (TPSA) is 61.6 Å². The Hall–Kier alpha value is -1.69. The normalized spacial score (nSPS) is 24.1. The second-order valence-electron chi connectivity index (χ2n) is 5.84. The van der Waals surface area contributed by atoms with Crippen molar-refractivity contribution in [3.63, 3.8) is 0 Å². The first-order valence-corrected chi connectivity index (χ1v) is 7.33. The molecule has 1 aromatic rings. The zero-order chi connectivity index (χ0) is 14.9. The van der Waals surface area contributed by atoms with Crippen LogP contribution in [0.3, 0.4) is 0 Å². The van der Waals surface area contributed by atoms with E-state index in [1.54, 1.807) is 0 Å². The van der Waals surface area contributed by atoms with Crippen molar-refractivity contribution in [2.24, 2.45) is 0 Å². The van der Waals surface area contributed by atoms with E-state index < -0.39 is 10.7 Å². The van der Waals surface area contributed by atoms with E-state index in [0.717, 1.165) is 50.3 Å². The zero-order valence-electron chi connectivity index (χ0n) is 11.7. The summed E-state index contributed by atoms with van der Waals surface area (Å²) in [6.45, 7) is 0.591. The number of hydrogen-bond acceptors (Lipinski definition) is 4. The Bertz CT molecular complexity index is 542. The fourth-order valence-electron chi connectivity index (χ4n) is 3.36. The van der Waals surface area contributed by atoms with Crippen LogP contribution in [0.4, 0.5) is 10.1 Å². The van der Waals surface area contributed by atoms with Crippen LogP contribution in [-0.2, 0) is 4.74 Å². The monoisotopic (exact) mass is 295 g/mol. The Morgan fingerprint density at radius 1 is 1.38 bits per heavy atom. The Morgan fingerprint density at radius 3 is 2.86 bits per heavy atom. The van der Waals surface area contributed by atoms with Crippen LogP contribution in [0.2, 0.25) is 0 Å². The molecule has 1 atom stereocenters. The van der Waals surface area contributed by atoms with Gasteiger partial charge in [0.25, 0.3) is 0 Å². The summed E-state index contributed by atoms with van der Waals surface area (Å²) in [5.41, 5.74) is -0.325. The number of nitrogens with zero attached hydrogens (tertiary/aromatic N) is 1. The molecule has 1 aliphatic heterocycles. The van der Waals surface area contributed by atoms with Gasteiger partial charge in [0, 0.05) is 25.0 Å². The number of rotatable bonds is 3. The molecule has 1 saturated heterocycles. The van der Waals surface area contributed by atoms with Crippen LogP contribution in [0.25, 0.3) is 0 Å². The fourth-order valence-corrected chi connectivity index (χ4v) is 3.36. The molecule has 2 fully saturated rings. The van der Waals surface area contributed by atoms with Gasteiger partial charge >= 0.3 is 5.69 Å². The van der Waals surface area contributed by atoms with Crippen molar-refractivity contribution in [3.05, 3.63) is 34.1 Å². The van der Waals surface area contributed by atoms with Crippen LogP contribution in [-0.4, -0.2) is 23.2 Å². The Kier molecular flexibility index (Phi) is 3.80. The largest absolute Gasteiger partial charge is 0.483 e. The predicted molar refractivity (Wildman–Crippen MR) is 73.9 cm³/mol. The van der Waals surface area contributed by atoms with Crippen molar-refractivity contribution >= 4 is 5.69 Å². The number of nitro groups is 1. The van der Waals surface area contributed by atoms with Gasteiger partial charge in [0.05, 0.1) is 17.1 Å². The first-order chi connectivity index (χ1) is 10.1. The predicted octanol–water partition coefficient (Wildman–Crippen LogP) is 3.60. The summed E-state index contributed by atoms with van der Waals surface area (Å²) >= 11 is 0. The summed E-state index contributed by atoms with van der Waals surface area (Å²) in [4.78, 5) is 10.5. The first-order valence-electron chi connectivity index (χ1n) is 7.33. The first kappa shape index (κ1) is 14.3. The molecule has 21 heavy (non-hydrogen) atoms. The third-order valence-electron chi connectivity index (χ3n) is 4.37. The van der Waals surface area contributed by atoms with Gasteiger partial charge in [0.2, 0.25) is 0 Å². The molecule has 0 amide bonds. The summed E-state index contributed by atoms with van der Waals surface area (Å²) in [5.74, 6) is -0.515. The van der Waals surface area contributed by atoms with Crippen molar-refractivity contribution in [3.8, 4) is 5.75 Å². The summed E-state index contributed by atoms with van der Waals surface area (Å²) in [6, 6.07) is 3.32. The van der Waals surface area contributed by atoms with Gasteiger partial charge in [-0.1, -0.05) is 12.8 Å². The SMILES string of the molecule is O=[N+]([O-])c1ccc(F)cc1OC1CCOC2(CCCC2)C1. The number of benzene rings is 1. The summed E-state index contributed by atoms with van der Waals surface area (Å²) in [6.07, 6.45) is 5.56. The van der Waals surface area contributed by atoms with Crippen LogP contribution in [0.1, 0.15) is 38.5 Å². The third-order valence-corrected chi connectivity index (χ3v) is 4.37. The number of ether oxygens (including phenoxy) is 2. The minimum atomic E-state index is -0.542. The Morgan fingerprint density at radius 2 is 2.14 bits per heavy atom. The summed E-state index contributed by atoms with van der Waals surface area (Å²) < 4.78 is 25.0. The highest BCUT2D eigenvalue weighted by atomic mass is 19.1. The lowest BCUT2D eigenvalue weighted by molar-refractivity contribution is -0.386. The molecule has 1 unspecified atom stereocenters. The van der Waals surface area contributed by atoms with Gasteiger partial charge in [-0.25, -0.2) is 4.39 Å². The van der Waals surface area contributed by atoms with Crippen LogP contribution < -0.4 is 4.74 Å². The van der Waals surface area contributed by atoms with Crippen molar-refractivity contribution < 1.29 is 18.8 Å². The molecule has 6 heteroatoms. The van der Waals surface area contributed by atoms with E-state index in [9.17, 15) is 14.5 Å². The van der Waals surface area contributed by atoms with E-state index in [0.29, 0.717) is 13.0 Å². The second-order valence-corrected chi connectivity index (χ2v) is 5.84. The maximum atomic E-state index is 13.3. The van der Waals surface area contributed by atoms with Crippen molar-refractivity contribution in [1.82, 2.24) is 0 Å². The standard InChI is InChI=1S/C15H18FNO4/c16-11-3-4-13(17(18)19)14(9-11)21-12-5-8-20-15(10-12)6-1-2-7-15/h3-4,9,12H,1-2,5-8,10H2. The smallest absolute Gasteiger partial charge is 0.311 e. The molecule has 3 rings (SSSR count). The van der Waals surface area contributed by atoms with Gasteiger partial charge in [0.15, 0.2) is 5.75 Å². The molecule has 1 aromatic carbocycles. The van der Waals surface area contributed by atoms with Crippen LogP contribution in [0.5, 0.6) is 5.75 Å². The quantitative estimate of drug-likeness (QED) is 0.631. The van der Waals surface area contributed by atoms with E-state index in [-0.39, 0.29) is 23.1 Å². The van der Waals surface area contributed by atoms with Crippen molar-refractivity contribution in [2.45, 2.75) is 50.2 Å². The second kappa shape index (κ2) is 5.60. The van der Waals surface area contributed by atoms with Gasteiger partial charge < -0.3 is 9.47 Å². The third kappa shape index (κ3) is 3.00.